The number of hydrogen-bond donors (Lipinski definition) is 3. The zero-order chi connectivity index (χ0) is 14.7. The summed E-state index contributed by atoms with van der Waals surface area (Å²) < 4.78 is 5.15. The van der Waals surface area contributed by atoms with Crippen LogP contribution in [0.15, 0.2) is 6.07 Å². The average molecular weight is 267 g/mol. The van der Waals surface area contributed by atoms with Crippen LogP contribution in [0, 0.1) is 0 Å². The molecule has 102 valence electrons. The van der Waals surface area contributed by atoms with Gasteiger partial charge in [-0.05, 0) is 19.9 Å². The summed E-state index contributed by atoms with van der Waals surface area (Å²) in [4.78, 5) is 33.7. The topological polar surface area (TPSA) is 127 Å². The van der Waals surface area contributed by atoms with Crippen LogP contribution in [0.5, 0.6) is 5.75 Å². The first-order valence-corrected chi connectivity index (χ1v) is 5.38. The average Bonchev–Trinajstić information content (AvgIpc) is 2.27. The van der Waals surface area contributed by atoms with Crippen molar-refractivity contribution in [1.82, 2.24) is 0 Å². The van der Waals surface area contributed by atoms with Crippen LogP contribution in [-0.2, 0) is 0 Å². The lowest BCUT2D eigenvalue weighted by Crippen LogP contribution is -2.16. The van der Waals surface area contributed by atoms with Gasteiger partial charge in [-0.25, -0.2) is 9.59 Å². The summed E-state index contributed by atoms with van der Waals surface area (Å²) in [7, 11) is 0. The van der Waals surface area contributed by atoms with Gasteiger partial charge in [-0.1, -0.05) is 0 Å². The second-order valence-electron chi connectivity index (χ2n) is 3.69. The van der Waals surface area contributed by atoms with Crippen molar-refractivity contribution in [1.29, 1.82) is 0 Å². The highest BCUT2D eigenvalue weighted by molar-refractivity contribution is 6.12. The number of benzene rings is 1. The molecule has 0 saturated carbocycles. The van der Waals surface area contributed by atoms with Crippen LogP contribution in [0.3, 0.4) is 0 Å². The Labute approximate surface area is 108 Å². The monoisotopic (exact) mass is 267 g/mol. The van der Waals surface area contributed by atoms with Crippen molar-refractivity contribution < 1.29 is 29.3 Å². The van der Waals surface area contributed by atoms with E-state index in [1.165, 1.54) is 6.92 Å². The Bertz CT molecular complexity index is 564. The molecule has 1 aromatic rings. The zero-order valence-electron chi connectivity index (χ0n) is 10.4. The molecule has 0 aliphatic rings. The Balaban J connectivity index is 3.74. The summed E-state index contributed by atoms with van der Waals surface area (Å²) in [6, 6.07) is 1.00. The Morgan fingerprint density at radius 2 is 1.79 bits per heavy atom. The number of nitrogen functional groups attached to an aromatic ring is 1. The fourth-order valence-electron chi connectivity index (χ4n) is 1.71. The molecule has 0 atom stereocenters. The first kappa shape index (κ1) is 14.5. The van der Waals surface area contributed by atoms with Crippen molar-refractivity contribution >= 4 is 23.4 Å². The van der Waals surface area contributed by atoms with Crippen LogP contribution in [-0.4, -0.2) is 34.5 Å². The van der Waals surface area contributed by atoms with Crippen LogP contribution in [0.25, 0.3) is 0 Å². The number of aromatic carboxylic acids is 2. The standard InChI is InChI=1S/C12H13NO6/c1-3-19-7-4-6(11(15)16)9(12(17)18)10(13)8(7)5(2)14/h4H,3,13H2,1-2H3,(H,15,16)(H,17,18). The van der Waals surface area contributed by atoms with E-state index in [9.17, 15) is 14.4 Å². The lowest BCUT2D eigenvalue weighted by atomic mass is 9.97. The summed E-state index contributed by atoms with van der Waals surface area (Å²) in [5.41, 5.74) is 3.96. The van der Waals surface area contributed by atoms with E-state index in [0.717, 1.165) is 6.07 Å². The molecule has 0 amide bonds. The highest BCUT2D eigenvalue weighted by Crippen LogP contribution is 2.32. The molecular formula is C12H13NO6. The Hall–Kier alpha value is -2.57. The van der Waals surface area contributed by atoms with Gasteiger partial charge in [0.25, 0.3) is 0 Å². The summed E-state index contributed by atoms with van der Waals surface area (Å²) in [6.07, 6.45) is 0. The Morgan fingerprint density at radius 3 is 2.16 bits per heavy atom. The van der Waals surface area contributed by atoms with E-state index in [2.05, 4.69) is 0 Å². The first-order valence-electron chi connectivity index (χ1n) is 5.38. The molecule has 1 aromatic carbocycles. The molecular weight excluding hydrogens is 254 g/mol. The molecule has 0 spiro atoms. The van der Waals surface area contributed by atoms with Crippen molar-refractivity contribution in [3.05, 3.63) is 22.8 Å². The predicted molar refractivity (Wildman–Crippen MR) is 65.9 cm³/mol. The maximum atomic E-state index is 11.5. The lowest BCUT2D eigenvalue weighted by Gasteiger charge is -2.14. The largest absolute Gasteiger partial charge is 0.493 e. The normalized spacial score (nSPS) is 10.0. The number of nitrogens with two attached hydrogens (primary N) is 1. The van der Waals surface area contributed by atoms with Crippen molar-refractivity contribution in [2.75, 3.05) is 12.3 Å². The minimum absolute atomic E-state index is 0.0325. The summed E-state index contributed by atoms with van der Waals surface area (Å²) >= 11 is 0. The predicted octanol–water partition coefficient (Wildman–Crippen LogP) is 1.27. The summed E-state index contributed by atoms with van der Waals surface area (Å²) in [5, 5.41) is 18.0. The molecule has 1 rings (SSSR count). The molecule has 0 unspecified atom stereocenters. The second kappa shape index (κ2) is 5.38. The van der Waals surface area contributed by atoms with Gasteiger partial charge in [-0.15, -0.1) is 0 Å². The third kappa shape index (κ3) is 2.65. The molecule has 0 aliphatic carbocycles. The number of anilines is 1. The molecule has 19 heavy (non-hydrogen) atoms. The van der Waals surface area contributed by atoms with E-state index in [-0.39, 0.29) is 17.9 Å². The van der Waals surface area contributed by atoms with Gasteiger partial charge in [-0.2, -0.15) is 0 Å². The third-order valence-corrected chi connectivity index (χ3v) is 2.43. The molecule has 0 aliphatic heterocycles. The molecule has 0 radical (unpaired) electrons. The fraction of sp³-hybridized carbons (Fsp3) is 0.250. The Kier molecular flexibility index (Phi) is 4.11. The van der Waals surface area contributed by atoms with E-state index in [1.54, 1.807) is 6.92 Å². The van der Waals surface area contributed by atoms with Crippen molar-refractivity contribution in [3.63, 3.8) is 0 Å². The maximum Gasteiger partial charge on any atom is 0.338 e. The maximum absolute atomic E-state index is 11.5. The molecule has 7 nitrogen and oxygen atoms in total. The Morgan fingerprint density at radius 1 is 1.21 bits per heavy atom. The van der Waals surface area contributed by atoms with Gasteiger partial charge in [0.1, 0.15) is 5.75 Å². The number of ether oxygens (including phenoxy) is 1. The van der Waals surface area contributed by atoms with Gasteiger partial charge in [-0.3, -0.25) is 4.79 Å². The number of hydrogen-bond acceptors (Lipinski definition) is 5. The van der Waals surface area contributed by atoms with Gasteiger partial charge in [0, 0.05) is 0 Å². The zero-order valence-corrected chi connectivity index (χ0v) is 10.4. The van der Waals surface area contributed by atoms with E-state index < -0.39 is 34.5 Å². The van der Waals surface area contributed by atoms with Gasteiger partial charge >= 0.3 is 11.9 Å². The van der Waals surface area contributed by atoms with Crippen LogP contribution in [0.2, 0.25) is 0 Å². The third-order valence-electron chi connectivity index (χ3n) is 2.43. The number of Topliss-reactive ketones (excluding diaryl/α,β-unsaturated/α-hetero) is 1. The quantitative estimate of drug-likeness (QED) is 0.541. The number of ketones is 1. The van der Waals surface area contributed by atoms with E-state index >= 15 is 0 Å². The van der Waals surface area contributed by atoms with Crippen LogP contribution < -0.4 is 10.5 Å². The number of carbonyl (C=O) groups excluding carboxylic acids is 1. The number of carboxylic acids is 2. The molecule has 0 heterocycles. The van der Waals surface area contributed by atoms with Gasteiger partial charge in [0.05, 0.1) is 29.0 Å². The van der Waals surface area contributed by atoms with E-state index in [1.807, 2.05) is 0 Å². The van der Waals surface area contributed by atoms with Crippen molar-refractivity contribution in [3.8, 4) is 5.75 Å². The van der Waals surface area contributed by atoms with Crippen molar-refractivity contribution in [2.24, 2.45) is 0 Å². The SMILES string of the molecule is CCOc1cc(C(=O)O)c(C(=O)O)c(N)c1C(C)=O. The number of carboxylic acid groups (broad SMARTS) is 2. The molecule has 0 saturated heterocycles. The minimum Gasteiger partial charge on any atom is -0.493 e. The fourth-order valence-corrected chi connectivity index (χ4v) is 1.71. The number of rotatable bonds is 5. The van der Waals surface area contributed by atoms with Crippen LogP contribution >= 0.6 is 0 Å². The molecule has 0 aromatic heterocycles. The van der Waals surface area contributed by atoms with Gasteiger partial charge < -0.3 is 20.7 Å². The molecule has 0 bridgehead atoms. The smallest absolute Gasteiger partial charge is 0.338 e. The summed E-state index contributed by atoms with van der Waals surface area (Å²) in [6.45, 7) is 3.02. The van der Waals surface area contributed by atoms with Gasteiger partial charge in [0.15, 0.2) is 5.78 Å². The lowest BCUT2D eigenvalue weighted by molar-refractivity contribution is 0.0651. The van der Waals surface area contributed by atoms with Crippen LogP contribution in [0.4, 0.5) is 5.69 Å². The van der Waals surface area contributed by atoms with Gasteiger partial charge in [0.2, 0.25) is 0 Å². The molecule has 4 N–H and O–H groups in total. The van der Waals surface area contributed by atoms with E-state index in [0.29, 0.717) is 0 Å². The second-order valence-corrected chi connectivity index (χ2v) is 3.69. The van der Waals surface area contributed by atoms with E-state index in [4.69, 9.17) is 20.7 Å². The minimum atomic E-state index is -1.51. The van der Waals surface area contributed by atoms with Crippen molar-refractivity contribution in [2.45, 2.75) is 13.8 Å². The van der Waals surface area contributed by atoms with Crippen LogP contribution in [0.1, 0.15) is 44.9 Å². The first-order chi connectivity index (χ1) is 8.81. The highest BCUT2D eigenvalue weighted by atomic mass is 16.5. The number of carbonyl (C=O) groups is 3. The molecule has 7 heteroatoms. The summed E-state index contributed by atoms with van der Waals surface area (Å²) in [5.74, 6) is -3.50. The molecule has 0 fully saturated rings. The highest BCUT2D eigenvalue weighted by Gasteiger charge is 2.26.